The van der Waals surface area contributed by atoms with Gasteiger partial charge in [-0.15, -0.1) is 0 Å². The largest absolute Gasteiger partial charge is 0.481 e. The molecule has 0 amide bonds. The van der Waals surface area contributed by atoms with E-state index in [9.17, 15) is 22.4 Å². The Hall–Kier alpha value is -1.59. The van der Waals surface area contributed by atoms with E-state index in [4.69, 9.17) is 5.11 Å². The van der Waals surface area contributed by atoms with Crippen molar-refractivity contribution in [1.82, 2.24) is 0 Å². The zero-order valence-corrected chi connectivity index (χ0v) is 9.81. The van der Waals surface area contributed by atoms with Crippen LogP contribution in [-0.2, 0) is 16.4 Å². The highest BCUT2D eigenvalue weighted by atomic mass is 19.4. The van der Waals surface area contributed by atoms with E-state index in [1.54, 1.807) is 0 Å². The summed E-state index contributed by atoms with van der Waals surface area (Å²) in [6, 6.07) is 2.01. The van der Waals surface area contributed by atoms with E-state index in [0.29, 0.717) is 18.2 Å². The van der Waals surface area contributed by atoms with E-state index in [2.05, 4.69) is 0 Å². The van der Waals surface area contributed by atoms with Gasteiger partial charge in [0.25, 0.3) is 0 Å². The molecule has 18 heavy (non-hydrogen) atoms. The summed E-state index contributed by atoms with van der Waals surface area (Å²) in [6.45, 7) is 2.78. The number of hydrogen-bond acceptors (Lipinski definition) is 1. The Morgan fingerprint density at radius 3 is 2.28 bits per heavy atom. The van der Waals surface area contributed by atoms with Gasteiger partial charge in [0.2, 0.25) is 0 Å². The topological polar surface area (TPSA) is 37.3 Å². The van der Waals surface area contributed by atoms with Crippen LogP contribution < -0.4 is 0 Å². The van der Waals surface area contributed by atoms with Crippen LogP contribution >= 0.6 is 0 Å². The van der Waals surface area contributed by atoms with Gasteiger partial charge in [-0.25, -0.2) is 4.39 Å². The van der Waals surface area contributed by atoms with Gasteiger partial charge in [0, 0.05) is 5.41 Å². The number of rotatable bonds is 3. The Morgan fingerprint density at radius 1 is 1.28 bits per heavy atom. The summed E-state index contributed by atoms with van der Waals surface area (Å²) in [5, 5.41) is 8.69. The van der Waals surface area contributed by atoms with Crippen molar-refractivity contribution in [2.75, 3.05) is 0 Å². The van der Waals surface area contributed by atoms with Crippen molar-refractivity contribution in [2.45, 2.75) is 31.9 Å². The van der Waals surface area contributed by atoms with Crippen molar-refractivity contribution in [2.24, 2.45) is 0 Å². The van der Waals surface area contributed by atoms with Crippen molar-refractivity contribution < 1.29 is 27.5 Å². The van der Waals surface area contributed by atoms with Crippen LogP contribution in [0.25, 0.3) is 0 Å². The zero-order valence-electron chi connectivity index (χ0n) is 9.81. The third kappa shape index (κ3) is 3.21. The van der Waals surface area contributed by atoms with E-state index in [-0.39, 0.29) is 5.56 Å². The second-order valence-corrected chi connectivity index (χ2v) is 4.65. The van der Waals surface area contributed by atoms with Crippen LogP contribution in [0.1, 0.15) is 31.4 Å². The number of hydrogen-bond donors (Lipinski definition) is 1. The molecule has 0 unspecified atom stereocenters. The molecule has 0 bridgehead atoms. The van der Waals surface area contributed by atoms with Crippen molar-refractivity contribution >= 4 is 5.97 Å². The summed E-state index contributed by atoms with van der Waals surface area (Å²) < 4.78 is 51.1. The number of benzene rings is 1. The summed E-state index contributed by atoms with van der Waals surface area (Å²) in [5.41, 5.74) is -2.45. The molecule has 0 saturated heterocycles. The minimum atomic E-state index is -4.58. The average molecular weight is 264 g/mol. The summed E-state index contributed by atoms with van der Waals surface area (Å²) in [4.78, 5) is 10.6. The van der Waals surface area contributed by atoms with Crippen LogP contribution in [0.15, 0.2) is 18.2 Å². The third-order valence-corrected chi connectivity index (χ3v) is 2.62. The Balaban J connectivity index is 3.27. The first kappa shape index (κ1) is 14.5. The van der Waals surface area contributed by atoms with Gasteiger partial charge in [0.15, 0.2) is 0 Å². The maximum absolute atomic E-state index is 13.5. The average Bonchev–Trinajstić information content (AvgIpc) is 2.13. The Kier molecular flexibility index (Phi) is 3.69. The molecule has 0 aliphatic rings. The lowest BCUT2D eigenvalue weighted by Gasteiger charge is -2.24. The molecule has 1 aromatic rings. The number of alkyl halides is 3. The van der Waals surface area contributed by atoms with E-state index in [1.807, 2.05) is 0 Å². The molecular weight excluding hydrogens is 252 g/mol. The summed E-state index contributed by atoms with van der Waals surface area (Å²) in [5.74, 6) is -2.04. The highest BCUT2D eigenvalue weighted by Gasteiger charge is 2.34. The predicted octanol–water partition coefficient (Wildman–Crippen LogP) is 3.60. The normalized spacial score (nSPS) is 12.6. The van der Waals surface area contributed by atoms with E-state index < -0.39 is 35.4 Å². The Labute approximate surface area is 101 Å². The van der Waals surface area contributed by atoms with Gasteiger partial charge in [-0.3, -0.25) is 4.79 Å². The van der Waals surface area contributed by atoms with E-state index in [0.717, 1.165) is 0 Å². The monoisotopic (exact) mass is 264 g/mol. The molecule has 0 spiro atoms. The summed E-state index contributed by atoms with van der Waals surface area (Å²) in [7, 11) is 0. The quantitative estimate of drug-likeness (QED) is 0.847. The minimum Gasteiger partial charge on any atom is -0.481 e. The molecule has 0 aliphatic carbocycles. The summed E-state index contributed by atoms with van der Waals surface area (Å²) in [6.07, 6.45) is -5.03. The van der Waals surface area contributed by atoms with Crippen molar-refractivity contribution in [3.63, 3.8) is 0 Å². The molecule has 2 nitrogen and oxygen atoms in total. The molecule has 0 saturated carbocycles. The molecule has 6 heteroatoms. The van der Waals surface area contributed by atoms with Crippen LogP contribution in [0.2, 0.25) is 0 Å². The van der Waals surface area contributed by atoms with Gasteiger partial charge in [0.05, 0.1) is 12.0 Å². The van der Waals surface area contributed by atoms with E-state index >= 15 is 0 Å². The Morgan fingerprint density at radius 2 is 1.83 bits per heavy atom. The number of carboxylic acids is 1. The van der Waals surface area contributed by atoms with Gasteiger partial charge in [-0.05, 0) is 23.8 Å². The Bertz CT molecular complexity index is 464. The first-order chi connectivity index (χ1) is 8.04. The highest BCUT2D eigenvalue weighted by molar-refractivity contribution is 5.69. The molecule has 0 aromatic heterocycles. The predicted molar refractivity (Wildman–Crippen MR) is 56.7 cm³/mol. The van der Waals surface area contributed by atoms with Gasteiger partial charge in [0.1, 0.15) is 5.82 Å². The zero-order chi connectivity index (χ0) is 14.1. The number of aliphatic carboxylic acids is 1. The van der Waals surface area contributed by atoms with Crippen molar-refractivity contribution in [1.29, 1.82) is 0 Å². The van der Waals surface area contributed by atoms with Crippen molar-refractivity contribution in [3.8, 4) is 0 Å². The van der Waals surface area contributed by atoms with Crippen molar-refractivity contribution in [3.05, 3.63) is 35.1 Å². The fourth-order valence-electron chi connectivity index (χ4n) is 1.69. The maximum atomic E-state index is 13.5. The second kappa shape index (κ2) is 4.59. The van der Waals surface area contributed by atoms with Crippen LogP contribution in [0.4, 0.5) is 17.6 Å². The second-order valence-electron chi connectivity index (χ2n) is 4.65. The molecule has 0 heterocycles. The van der Waals surface area contributed by atoms with Gasteiger partial charge in [-0.1, -0.05) is 13.8 Å². The lowest BCUT2D eigenvalue weighted by Crippen LogP contribution is -2.24. The molecule has 1 rings (SSSR count). The molecular formula is C12H12F4O2. The van der Waals surface area contributed by atoms with Gasteiger partial charge in [-0.2, -0.15) is 13.2 Å². The standard InChI is InChI=1S/C12H12F4O2/c1-11(2,6-10(17)18)8-5-7(12(14,15)16)3-4-9(8)13/h3-5H,6H2,1-2H3,(H,17,18). The van der Waals surface area contributed by atoms with Crippen LogP contribution in [0.5, 0.6) is 0 Å². The number of carboxylic acid groups (broad SMARTS) is 1. The molecule has 0 aliphatic heterocycles. The highest BCUT2D eigenvalue weighted by Crippen LogP contribution is 2.35. The molecule has 1 N–H and O–H groups in total. The van der Waals surface area contributed by atoms with Crippen LogP contribution in [0.3, 0.4) is 0 Å². The third-order valence-electron chi connectivity index (χ3n) is 2.62. The fraction of sp³-hybridized carbons (Fsp3) is 0.417. The summed E-state index contributed by atoms with van der Waals surface area (Å²) >= 11 is 0. The molecule has 0 radical (unpaired) electrons. The molecule has 0 atom stereocenters. The van der Waals surface area contributed by atoms with Gasteiger partial charge >= 0.3 is 12.1 Å². The molecule has 1 aromatic carbocycles. The van der Waals surface area contributed by atoms with Crippen LogP contribution in [-0.4, -0.2) is 11.1 Å². The molecule has 0 fully saturated rings. The maximum Gasteiger partial charge on any atom is 0.416 e. The number of carbonyl (C=O) groups is 1. The van der Waals surface area contributed by atoms with E-state index in [1.165, 1.54) is 13.8 Å². The SMILES string of the molecule is CC(C)(CC(=O)O)c1cc(C(F)(F)F)ccc1F. The minimum absolute atomic E-state index is 0.250. The smallest absolute Gasteiger partial charge is 0.416 e. The first-order valence-corrected chi connectivity index (χ1v) is 5.13. The number of halogens is 4. The lowest BCUT2D eigenvalue weighted by atomic mass is 9.80. The first-order valence-electron chi connectivity index (χ1n) is 5.13. The lowest BCUT2D eigenvalue weighted by molar-refractivity contribution is -0.138. The molecule has 100 valence electrons. The fourth-order valence-corrected chi connectivity index (χ4v) is 1.69. The van der Waals surface area contributed by atoms with Gasteiger partial charge < -0.3 is 5.11 Å². The van der Waals surface area contributed by atoms with Crippen LogP contribution in [0, 0.1) is 5.82 Å².